The number of anilines is 1. The molecule has 7 heteroatoms. The lowest BCUT2D eigenvalue weighted by Gasteiger charge is -2.33. The second-order valence-electron chi connectivity index (χ2n) is 7.64. The van der Waals surface area contributed by atoms with Gasteiger partial charge in [-0.25, -0.2) is 0 Å². The fourth-order valence-corrected chi connectivity index (χ4v) is 4.27. The van der Waals surface area contributed by atoms with Crippen molar-refractivity contribution < 1.29 is 4.79 Å². The summed E-state index contributed by atoms with van der Waals surface area (Å²) in [5, 5.41) is 13.4. The zero-order chi connectivity index (χ0) is 18.9. The van der Waals surface area contributed by atoms with Crippen molar-refractivity contribution in [1.82, 2.24) is 24.7 Å². The normalized spacial score (nSPS) is 18.1. The molecule has 1 amide bonds. The van der Waals surface area contributed by atoms with Gasteiger partial charge in [0.05, 0.1) is 0 Å². The van der Waals surface area contributed by atoms with E-state index in [0.717, 1.165) is 74.7 Å². The van der Waals surface area contributed by atoms with E-state index in [-0.39, 0.29) is 5.92 Å². The second-order valence-corrected chi connectivity index (χ2v) is 7.64. The number of hydrogen-bond donors (Lipinski definition) is 0. The summed E-state index contributed by atoms with van der Waals surface area (Å²) in [4.78, 5) is 17.0. The van der Waals surface area contributed by atoms with Gasteiger partial charge in [0.15, 0.2) is 11.5 Å². The van der Waals surface area contributed by atoms with Gasteiger partial charge < -0.3 is 9.80 Å². The van der Waals surface area contributed by atoms with Crippen LogP contribution in [0.25, 0.3) is 17.0 Å². The molecule has 2 fully saturated rings. The highest BCUT2D eigenvalue weighted by atomic mass is 16.2. The number of fused-ring (bicyclic) bond motifs is 1. The van der Waals surface area contributed by atoms with Crippen LogP contribution in [-0.4, -0.2) is 56.8 Å². The van der Waals surface area contributed by atoms with Gasteiger partial charge in [-0.15, -0.1) is 15.3 Å². The van der Waals surface area contributed by atoms with Gasteiger partial charge >= 0.3 is 0 Å². The van der Waals surface area contributed by atoms with Crippen LogP contribution in [0, 0.1) is 5.92 Å². The summed E-state index contributed by atoms with van der Waals surface area (Å²) in [6.45, 7) is 3.58. The van der Waals surface area contributed by atoms with Gasteiger partial charge in [0.2, 0.25) is 5.91 Å². The summed E-state index contributed by atoms with van der Waals surface area (Å²) >= 11 is 0. The predicted molar refractivity (Wildman–Crippen MR) is 107 cm³/mol. The molecule has 2 aliphatic rings. The Morgan fingerprint density at radius 3 is 2.39 bits per heavy atom. The third-order valence-corrected chi connectivity index (χ3v) is 5.87. The van der Waals surface area contributed by atoms with E-state index in [1.54, 1.807) is 0 Å². The lowest BCUT2D eigenvalue weighted by Crippen LogP contribution is -2.42. The van der Waals surface area contributed by atoms with Gasteiger partial charge in [0, 0.05) is 37.7 Å². The molecule has 4 heterocycles. The van der Waals surface area contributed by atoms with Gasteiger partial charge in [-0.05, 0) is 37.8 Å². The zero-order valence-electron chi connectivity index (χ0n) is 15.9. The van der Waals surface area contributed by atoms with Crippen molar-refractivity contribution in [3.63, 3.8) is 0 Å². The molecule has 0 radical (unpaired) electrons. The van der Waals surface area contributed by atoms with E-state index in [0.29, 0.717) is 5.91 Å². The topological polar surface area (TPSA) is 66.6 Å². The molecule has 0 N–H and O–H groups in total. The van der Waals surface area contributed by atoms with Crippen molar-refractivity contribution >= 4 is 17.4 Å². The third-order valence-electron chi connectivity index (χ3n) is 5.87. The van der Waals surface area contributed by atoms with E-state index in [4.69, 9.17) is 5.10 Å². The first kappa shape index (κ1) is 17.2. The number of aromatic nitrogens is 4. The van der Waals surface area contributed by atoms with Gasteiger partial charge in [-0.1, -0.05) is 30.3 Å². The maximum absolute atomic E-state index is 12.7. The summed E-state index contributed by atoms with van der Waals surface area (Å²) in [6.07, 6.45) is 4.08. The molecule has 1 aromatic carbocycles. The molecule has 2 aliphatic heterocycles. The van der Waals surface area contributed by atoms with E-state index in [1.807, 2.05) is 51.9 Å². The first-order valence-corrected chi connectivity index (χ1v) is 10.1. The number of rotatable bonds is 3. The summed E-state index contributed by atoms with van der Waals surface area (Å²) < 4.78 is 1.81. The van der Waals surface area contributed by atoms with Gasteiger partial charge in [-0.3, -0.25) is 4.79 Å². The van der Waals surface area contributed by atoms with Crippen LogP contribution in [0.4, 0.5) is 5.82 Å². The van der Waals surface area contributed by atoms with Crippen LogP contribution in [0.15, 0.2) is 42.5 Å². The quantitative estimate of drug-likeness (QED) is 0.703. The molecule has 2 saturated heterocycles. The standard InChI is InChI=1S/C21H24N6O/c28-21(26-12-4-5-13-26)17-10-14-25(15-11-17)19-9-8-18-22-23-20(27(18)24-19)16-6-2-1-3-7-16/h1-3,6-9,17H,4-5,10-15H2. The minimum Gasteiger partial charge on any atom is -0.355 e. The zero-order valence-corrected chi connectivity index (χ0v) is 15.9. The van der Waals surface area contributed by atoms with E-state index in [1.165, 1.54) is 0 Å². The number of nitrogens with zero attached hydrogens (tertiary/aromatic N) is 6. The number of benzene rings is 1. The highest BCUT2D eigenvalue weighted by Crippen LogP contribution is 2.26. The van der Waals surface area contributed by atoms with Crippen molar-refractivity contribution in [2.45, 2.75) is 25.7 Å². The third kappa shape index (κ3) is 3.10. The van der Waals surface area contributed by atoms with Gasteiger partial charge in [0.1, 0.15) is 5.82 Å². The van der Waals surface area contributed by atoms with Crippen molar-refractivity contribution in [2.24, 2.45) is 5.92 Å². The van der Waals surface area contributed by atoms with Crippen LogP contribution < -0.4 is 4.90 Å². The highest BCUT2D eigenvalue weighted by Gasteiger charge is 2.30. The first-order chi connectivity index (χ1) is 13.8. The molecular weight excluding hydrogens is 352 g/mol. The fraction of sp³-hybridized carbons (Fsp3) is 0.429. The molecule has 0 spiro atoms. The fourth-order valence-electron chi connectivity index (χ4n) is 4.27. The smallest absolute Gasteiger partial charge is 0.225 e. The molecule has 0 aliphatic carbocycles. The molecule has 7 nitrogen and oxygen atoms in total. The SMILES string of the molecule is O=C(C1CCN(c2ccc3nnc(-c4ccccc4)n3n2)CC1)N1CCCC1. The molecule has 0 bridgehead atoms. The lowest BCUT2D eigenvalue weighted by molar-refractivity contribution is -0.135. The van der Waals surface area contributed by atoms with E-state index in [9.17, 15) is 4.79 Å². The Labute approximate surface area is 164 Å². The lowest BCUT2D eigenvalue weighted by atomic mass is 9.95. The molecule has 2 aromatic heterocycles. The molecule has 0 saturated carbocycles. The van der Waals surface area contributed by atoms with Crippen LogP contribution in [0.5, 0.6) is 0 Å². The second kappa shape index (κ2) is 7.22. The number of amides is 1. The Bertz CT molecular complexity index is 971. The van der Waals surface area contributed by atoms with Crippen LogP contribution in [0.1, 0.15) is 25.7 Å². The van der Waals surface area contributed by atoms with Crippen LogP contribution in [0.3, 0.4) is 0 Å². The Kier molecular flexibility index (Phi) is 4.43. The van der Waals surface area contributed by atoms with Crippen LogP contribution in [-0.2, 0) is 4.79 Å². The number of piperidine rings is 1. The maximum atomic E-state index is 12.7. The minimum atomic E-state index is 0.160. The van der Waals surface area contributed by atoms with E-state index < -0.39 is 0 Å². The molecule has 144 valence electrons. The summed E-state index contributed by atoms with van der Waals surface area (Å²) in [6, 6.07) is 14.0. The van der Waals surface area contributed by atoms with Gasteiger partial charge in [-0.2, -0.15) is 4.52 Å². The summed E-state index contributed by atoms with van der Waals surface area (Å²) in [5.74, 6) is 2.17. The largest absolute Gasteiger partial charge is 0.355 e. The average molecular weight is 376 g/mol. The minimum absolute atomic E-state index is 0.160. The number of carbonyl (C=O) groups excluding carboxylic acids is 1. The molecular formula is C21H24N6O. The summed E-state index contributed by atoms with van der Waals surface area (Å²) in [5.41, 5.74) is 1.73. The average Bonchev–Trinajstić information content (AvgIpc) is 3.44. The number of carbonyl (C=O) groups is 1. The summed E-state index contributed by atoms with van der Waals surface area (Å²) in [7, 11) is 0. The molecule has 0 atom stereocenters. The molecule has 28 heavy (non-hydrogen) atoms. The van der Waals surface area contributed by atoms with Crippen molar-refractivity contribution in [1.29, 1.82) is 0 Å². The molecule has 0 unspecified atom stereocenters. The van der Waals surface area contributed by atoms with Crippen molar-refractivity contribution in [3.8, 4) is 11.4 Å². The Hall–Kier alpha value is -2.96. The highest BCUT2D eigenvalue weighted by molar-refractivity contribution is 5.79. The monoisotopic (exact) mass is 376 g/mol. The number of hydrogen-bond acceptors (Lipinski definition) is 5. The van der Waals surface area contributed by atoms with Crippen molar-refractivity contribution in [3.05, 3.63) is 42.5 Å². The molecule has 3 aromatic rings. The number of likely N-dealkylation sites (tertiary alicyclic amines) is 1. The van der Waals surface area contributed by atoms with Crippen LogP contribution >= 0.6 is 0 Å². The maximum Gasteiger partial charge on any atom is 0.225 e. The predicted octanol–water partition coefficient (Wildman–Crippen LogP) is 2.63. The van der Waals surface area contributed by atoms with Crippen molar-refractivity contribution in [2.75, 3.05) is 31.1 Å². The van der Waals surface area contributed by atoms with Gasteiger partial charge in [0.25, 0.3) is 0 Å². The van der Waals surface area contributed by atoms with E-state index in [2.05, 4.69) is 15.1 Å². The Balaban J connectivity index is 1.34. The first-order valence-electron chi connectivity index (χ1n) is 10.1. The molecule has 5 rings (SSSR count). The van der Waals surface area contributed by atoms with E-state index >= 15 is 0 Å². The van der Waals surface area contributed by atoms with Crippen LogP contribution in [0.2, 0.25) is 0 Å². The Morgan fingerprint density at radius 2 is 1.64 bits per heavy atom. The Morgan fingerprint density at radius 1 is 0.893 bits per heavy atom.